The van der Waals surface area contributed by atoms with E-state index in [4.69, 9.17) is 9.72 Å². The van der Waals surface area contributed by atoms with E-state index < -0.39 is 0 Å². The largest absolute Gasteiger partial charge is 0.379 e. The SMILES string of the molecule is O=C(CCc1ccccc1)N(CCN1CCOCC1)c1nc2ccccc2s1. The fourth-order valence-corrected chi connectivity index (χ4v) is 4.41. The number of carbonyl (C=O) groups excluding carboxylic acids is 1. The van der Waals surface area contributed by atoms with Crippen LogP contribution in [-0.2, 0) is 16.0 Å². The highest BCUT2D eigenvalue weighted by Crippen LogP contribution is 2.29. The summed E-state index contributed by atoms with van der Waals surface area (Å²) in [6.07, 6.45) is 1.24. The summed E-state index contributed by atoms with van der Waals surface area (Å²) in [4.78, 5) is 22.1. The predicted molar refractivity (Wildman–Crippen MR) is 114 cm³/mol. The number of fused-ring (bicyclic) bond motifs is 1. The second-order valence-corrected chi connectivity index (χ2v) is 7.96. The molecule has 2 heterocycles. The van der Waals surface area contributed by atoms with Crippen LogP contribution in [0.25, 0.3) is 10.2 Å². The van der Waals surface area contributed by atoms with Crippen LogP contribution in [-0.4, -0.2) is 55.2 Å². The van der Waals surface area contributed by atoms with Crippen molar-refractivity contribution in [1.29, 1.82) is 0 Å². The molecule has 0 N–H and O–H groups in total. The molecule has 2 aromatic carbocycles. The topological polar surface area (TPSA) is 45.7 Å². The van der Waals surface area contributed by atoms with Crippen LogP contribution in [0.15, 0.2) is 54.6 Å². The average molecular weight is 396 g/mol. The fourth-order valence-electron chi connectivity index (χ4n) is 3.40. The molecule has 0 unspecified atom stereocenters. The first kappa shape index (κ1) is 19.1. The van der Waals surface area contributed by atoms with Crippen molar-refractivity contribution in [2.24, 2.45) is 0 Å². The van der Waals surface area contributed by atoms with Gasteiger partial charge in [-0.05, 0) is 24.1 Å². The van der Waals surface area contributed by atoms with E-state index in [1.165, 1.54) is 5.56 Å². The Morgan fingerprint density at radius 2 is 1.82 bits per heavy atom. The van der Waals surface area contributed by atoms with E-state index in [0.29, 0.717) is 13.0 Å². The van der Waals surface area contributed by atoms with Gasteiger partial charge in [0.25, 0.3) is 0 Å². The molecular weight excluding hydrogens is 370 g/mol. The first-order valence-corrected chi connectivity index (χ1v) is 10.6. The molecule has 5 nitrogen and oxygen atoms in total. The van der Waals surface area contributed by atoms with Crippen molar-refractivity contribution in [3.8, 4) is 0 Å². The smallest absolute Gasteiger partial charge is 0.229 e. The van der Waals surface area contributed by atoms with Crippen LogP contribution in [0, 0.1) is 0 Å². The van der Waals surface area contributed by atoms with Crippen molar-refractivity contribution >= 4 is 32.6 Å². The van der Waals surface area contributed by atoms with Crippen LogP contribution in [0.5, 0.6) is 0 Å². The molecule has 0 atom stereocenters. The van der Waals surface area contributed by atoms with Gasteiger partial charge in [-0.15, -0.1) is 0 Å². The summed E-state index contributed by atoms with van der Waals surface area (Å²) in [6.45, 7) is 4.88. The molecule has 0 radical (unpaired) electrons. The van der Waals surface area contributed by atoms with E-state index >= 15 is 0 Å². The number of carbonyl (C=O) groups is 1. The van der Waals surface area contributed by atoms with Crippen molar-refractivity contribution in [3.05, 3.63) is 60.2 Å². The molecule has 4 rings (SSSR count). The molecule has 1 amide bonds. The fraction of sp³-hybridized carbons (Fsp3) is 0.364. The average Bonchev–Trinajstić information content (AvgIpc) is 3.18. The van der Waals surface area contributed by atoms with Crippen molar-refractivity contribution in [1.82, 2.24) is 9.88 Å². The number of morpholine rings is 1. The maximum Gasteiger partial charge on any atom is 0.229 e. The van der Waals surface area contributed by atoms with Crippen LogP contribution in [0.4, 0.5) is 5.13 Å². The minimum atomic E-state index is 0.135. The van der Waals surface area contributed by atoms with Crippen molar-refractivity contribution in [3.63, 3.8) is 0 Å². The highest BCUT2D eigenvalue weighted by molar-refractivity contribution is 7.22. The molecular formula is C22H25N3O2S. The third-order valence-electron chi connectivity index (χ3n) is 5.03. The Morgan fingerprint density at radius 3 is 2.61 bits per heavy atom. The Balaban J connectivity index is 1.48. The van der Waals surface area contributed by atoms with Crippen molar-refractivity contribution in [2.75, 3.05) is 44.3 Å². The number of hydrogen-bond donors (Lipinski definition) is 0. The number of rotatable bonds is 7. The van der Waals surface area contributed by atoms with Crippen molar-refractivity contribution in [2.45, 2.75) is 12.8 Å². The zero-order valence-corrected chi connectivity index (χ0v) is 16.7. The van der Waals surface area contributed by atoms with E-state index in [9.17, 15) is 4.79 Å². The summed E-state index contributed by atoms with van der Waals surface area (Å²) in [5.74, 6) is 0.135. The van der Waals surface area contributed by atoms with Gasteiger partial charge < -0.3 is 4.74 Å². The highest BCUT2D eigenvalue weighted by atomic mass is 32.1. The number of anilines is 1. The van der Waals surface area contributed by atoms with E-state index in [2.05, 4.69) is 23.1 Å². The predicted octanol–water partition coefficient (Wildman–Crippen LogP) is 3.59. The molecule has 0 aliphatic carbocycles. The molecule has 0 spiro atoms. The summed E-state index contributed by atoms with van der Waals surface area (Å²) < 4.78 is 6.55. The lowest BCUT2D eigenvalue weighted by Crippen LogP contribution is -2.43. The Morgan fingerprint density at radius 1 is 1.07 bits per heavy atom. The summed E-state index contributed by atoms with van der Waals surface area (Å²) in [6, 6.07) is 18.2. The third-order valence-corrected chi connectivity index (χ3v) is 6.09. The zero-order valence-electron chi connectivity index (χ0n) is 15.9. The van der Waals surface area contributed by atoms with Gasteiger partial charge in [0.1, 0.15) is 0 Å². The maximum absolute atomic E-state index is 13.1. The van der Waals surface area contributed by atoms with E-state index in [1.54, 1.807) is 11.3 Å². The number of hydrogen-bond acceptors (Lipinski definition) is 5. The Kier molecular flexibility index (Phi) is 6.31. The molecule has 146 valence electrons. The quantitative estimate of drug-likeness (QED) is 0.613. The molecule has 1 saturated heterocycles. The van der Waals surface area contributed by atoms with E-state index in [0.717, 1.165) is 54.6 Å². The summed E-state index contributed by atoms with van der Waals surface area (Å²) in [5, 5.41) is 0.799. The molecule has 0 bridgehead atoms. The number of para-hydroxylation sites is 1. The Hall–Kier alpha value is -2.28. The van der Waals surface area contributed by atoms with Crippen LogP contribution >= 0.6 is 11.3 Å². The van der Waals surface area contributed by atoms with Crippen LogP contribution < -0.4 is 4.90 Å². The van der Waals surface area contributed by atoms with E-state index in [-0.39, 0.29) is 5.91 Å². The lowest BCUT2D eigenvalue weighted by molar-refractivity contribution is -0.118. The summed E-state index contributed by atoms with van der Waals surface area (Å²) in [5.41, 5.74) is 2.14. The summed E-state index contributed by atoms with van der Waals surface area (Å²) >= 11 is 1.59. The highest BCUT2D eigenvalue weighted by Gasteiger charge is 2.21. The lowest BCUT2D eigenvalue weighted by Gasteiger charge is -2.29. The van der Waals surface area contributed by atoms with Gasteiger partial charge in [-0.3, -0.25) is 14.6 Å². The molecule has 1 aliphatic rings. The van der Waals surface area contributed by atoms with Gasteiger partial charge >= 0.3 is 0 Å². The molecule has 1 fully saturated rings. The van der Waals surface area contributed by atoms with Crippen LogP contribution in [0.2, 0.25) is 0 Å². The standard InChI is InChI=1S/C22H25N3O2S/c26-21(11-10-18-6-2-1-3-7-18)25(13-12-24-14-16-27-17-15-24)22-23-19-8-4-5-9-20(19)28-22/h1-9H,10-17H2. The minimum Gasteiger partial charge on any atom is -0.379 e. The molecule has 28 heavy (non-hydrogen) atoms. The van der Waals surface area contributed by atoms with Gasteiger partial charge in [0.15, 0.2) is 5.13 Å². The Labute approximate surface area is 169 Å². The number of nitrogens with zero attached hydrogens (tertiary/aromatic N) is 3. The zero-order chi connectivity index (χ0) is 19.2. The van der Waals surface area contributed by atoms with Crippen LogP contribution in [0.3, 0.4) is 0 Å². The lowest BCUT2D eigenvalue weighted by atomic mass is 10.1. The number of ether oxygens (including phenoxy) is 1. The monoisotopic (exact) mass is 395 g/mol. The van der Waals surface area contributed by atoms with Gasteiger partial charge in [0.05, 0.1) is 23.4 Å². The van der Waals surface area contributed by atoms with Gasteiger partial charge in [0.2, 0.25) is 5.91 Å². The minimum absolute atomic E-state index is 0.135. The number of thiazole rings is 1. The number of benzene rings is 2. The molecule has 1 aromatic heterocycles. The van der Waals surface area contributed by atoms with E-state index in [1.807, 2.05) is 41.3 Å². The molecule has 0 saturated carbocycles. The third kappa shape index (κ3) is 4.76. The van der Waals surface area contributed by atoms with Gasteiger partial charge in [-0.25, -0.2) is 4.98 Å². The van der Waals surface area contributed by atoms with Gasteiger partial charge in [-0.2, -0.15) is 0 Å². The Bertz CT molecular complexity index is 873. The van der Waals surface area contributed by atoms with Crippen LogP contribution in [0.1, 0.15) is 12.0 Å². The second kappa shape index (κ2) is 9.28. The molecule has 3 aromatic rings. The first-order chi connectivity index (χ1) is 13.8. The second-order valence-electron chi connectivity index (χ2n) is 6.95. The molecule has 1 aliphatic heterocycles. The first-order valence-electron chi connectivity index (χ1n) is 9.79. The van der Waals surface area contributed by atoms with Gasteiger partial charge in [0, 0.05) is 32.6 Å². The molecule has 6 heteroatoms. The summed E-state index contributed by atoms with van der Waals surface area (Å²) in [7, 11) is 0. The number of aryl methyl sites for hydroxylation is 1. The van der Waals surface area contributed by atoms with Gasteiger partial charge in [-0.1, -0.05) is 53.8 Å². The maximum atomic E-state index is 13.1. The van der Waals surface area contributed by atoms with Crippen molar-refractivity contribution < 1.29 is 9.53 Å². The number of amides is 1. The number of aromatic nitrogens is 1. The normalized spacial score (nSPS) is 15.0.